The molecule has 4 rings (SSSR count). The minimum absolute atomic E-state index is 0.159. The van der Waals surface area contributed by atoms with Gasteiger partial charge in [0.1, 0.15) is 18.0 Å². The molecule has 0 spiro atoms. The molecule has 3 aromatic rings. The van der Waals surface area contributed by atoms with Crippen LogP contribution in [-0.4, -0.2) is 28.9 Å². The highest BCUT2D eigenvalue weighted by Crippen LogP contribution is 2.38. The predicted molar refractivity (Wildman–Crippen MR) is 96.4 cm³/mol. The molecule has 0 bridgehead atoms. The van der Waals surface area contributed by atoms with Crippen LogP contribution in [0.5, 0.6) is 11.5 Å². The minimum atomic E-state index is -0.159. The number of ether oxygens (including phenoxy) is 2. The van der Waals surface area contributed by atoms with E-state index < -0.39 is 0 Å². The number of hydrogen-bond donors (Lipinski definition) is 1. The number of aromatic nitrogens is 2. The Kier molecular flexibility index (Phi) is 3.73. The lowest BCUT2D eigenvalue weighted by Gasteiger charge is -2.20. The summed E-state index contributed by atoms with van der Waals surface area (Å²) in [6, 6.07) is 5.46. The average Bonchev–Trinajstić information content (AvgIpc) is 3.10. The maximum Gasteiger partial charge on any atom is 0.265 e. The first-order chi connectivity index (χ1) is 11.5. The lowest BCUT2D eigenvalue weighted by Crippen LogP contribution is -2.16. The summed E-state index contributed by atoms with van der Waals surface area (Å²) in [5, 5.41) is 8.29. The van der Waals surface area contributed by atoms with Crippen molar-refractivity contribution in [1.82, 2.24) is 9.78 Å². The second kappa shape index (κ2) is 5.78. The fourth-order valence-corrected chi connectivity index (χ4v) is 4.10. The number of aryl methyl sites for hydroxylation is 2. The highest BCUT2D eigenvalue weighted by atomic mass is 79.9. The summed E-state index contributed by atoms with van der Waals surface area (Å²) in [4.78, 5) is 14.2. The Morgan fingerprint density at radius 3 is 2.71 bits per heavy atom. The number of nitrogens with zero attached hydrogens (tertiary/aromatic N) is 2. The molecule has 8 heteroatoms. The van der Waals surface area contributed by atoms with E-state index in [9.17, 15) is 4.79 Å². The van der Waals surface area contributed by atoms with Gasteiger partial charge in [0.15, 0.2) is 11.5 Å². The number of hydrogen-bond acceptors (Lipinski definition) is 5. The number of nitrogens with one attached hydrogen (secondary N) is 1. The minimum Gasteiger partial charge on any atom is -0.486 e. The third-order valence-electron chi connectivity index (χ3n) is 3.80. The molecule has 2 aromatic heterocycles. The molecular weight excluding hydrogens is 394 g/mol. The number of anilines is 1. The number of thiophene rings is 1. The quantitative estimate of drug-likeness (QED) is 0.702. The zero-order valence-corrected chi connectivity index (χ0v) is 15.5. The zero-order valence-electron chi connectivity index (χ0n) is 13.1. The Balaban J connectivity index is 1.64. The van der Waals surface area contributed by atoms with E-state index in [1.807, 2.05) is 26.1 Å². The summed E-state index contributed by atoms with van der Waals surface area (Å²) >= 11 is 4.89. The third-order valence-corrected chi connectivity index (χ3v) is 5.66. The number of rotatable bonds is 2. The van der Waals surface area contributed by atoms with Crippen molar-refractivity contribution in [3.63, 3.8) is 0 Å². The maximum absolute atomic E-state index is 12.6. The molecule has 1 aliphatic heterocycles. The van der Waals surface area contributed by atoms with Crippen LogP contribution in [0, 0.1) is 6.92 Å². The van der Waals surface area contributed by atoms with Crippen LogP contribution in [-0.2, 0) is 7.05 Å². The van der Waals surface area contributed by atoms with Gasteiger partial charge >= 0.3 is 0 Å². The van der Waals surface area contributed by atoms with Crippen molar-refractivity contribution in [3.8, 4) is 11.5 Å². The standard InChI is InChI=1S/C16H14BrN3O3S/c1-8-9-5-14(24-16(9)20(2)19-8)15(21)18-11-7-13-12(6-10(11)17)22-3-4-23-13/h5-7H,3-4H2,1-2H3,(H,18,21). The molecule has 1 aromatic carbocycles. The van der Waals surface area contributed by atoms with E-state index in [2.05, 4.69) is 26.3 Å². The largest absolute Gasteiger partial charge is 0.486 e. The summed E-state index contributed by atoms with van der Waals surface area (Å²) in [6.45, 7) is 2.97. The molecule has 0 fully saturated rings. The molecule has 0 saturated carbocycles. The maximum atomic E-state index is 12.6. The monoisotopic (exact) mass is 407 g/mol. The molecule has 124 valence electrons. The van der Waals surface area contributed by atoms with E-state index in [1.54, 1.807) is 10.7 Å². The van der Waals surface area contributed by atoms with Crippen LogP contribution < -0.4 is 14.8 Å². The van der Waals surface area contributed by atoms with E-state index in [4.69, 9.17) is 9.47 Å². The topological polar surface area (TPSA) is 65.4 Å². The van der Waals surface area contributed by atoms with Gasteiger partial charge in [-0.25, -0.2) is 0 Å². The van der Waals surface area contributed by atoms with E-state index in [1.165, 1.54) is 11.3 Å². The normalized spacial score (nSPS) is 13.3. The van der Waals surface area contributed by atoms with Gasteiger partial charge in [-0.2, -0.15) is 5.10 Å². The van der Waals surface area contributed by atoms with Crippen LogP contribution in [0.2, 0.25) is 0 Å². The first kappa shape index (κ1) is 15.5. The van der Waals surface area contributed by atoms with E-state index in [0.717, 1.165) is 20.4 Å². The molecular formula is C16H14BrN3O3S. The van der Waals surface area contributed by atoms with Crippen molar-refractivity contribution in [1.29, 1.82) is 0 Å². The second-order valence-corrected chi connectivity index (χ2v) is 7.35. The number of fused-ring (bicyclic) bond motifs is 2. The Bertz CT molecular complexity index is 929. The number of amides is 1. The van der Waals surface area contributed by atoms with Gasteiger partial charge in [-0.05, 0) is 28.9 Å². The zero-order chi connectivity index (χ0) is 16.8. The number of carbonyl (C=O) groups is 1. The Hall–Kier alpha value is -2.06. The number of carbonyl (C=O) groups excluding carboxylic acids is 1. The molecule has 0 atom stereocenters. The molecule has 0 aliphatic carbocycles. The second-order valence-electron chi connectivity index (χ2n) is 5.47. The third kappa shape index (κ3) is 2.55. The van der Waals surface area contributed by atoms with Gasteiger partial charge in [0.05, 0.1) is 16.3 Å². The molecule has 24 heavy (non-hydrogen) atoms. The number of halogens is 1. The van der Waals surface area contributed by atoms with Crippen LogP contribution in [0.3, 0.4) is 0 Å². The van der Waals surface area contributed by atoms with Crippen molar-refractivity contribution in [2.75, 3.05) is 18.5 Å². The highest BCUT2D eigenvalue weighted by molar-refractivity contribution is 9.10. The average molecular weight is 408 g/mol. The van der Waals surface area contributed by atoms with E-state index in [0.29, 0.717) is 35.3 Å². The molecule has 0 saturated heterocycles. The lowest BCUT2D eigenvalue weighted by atomic mass is 10.2. The Labute approximate surface area is 150 Å². The lowest BCUT2D eigenvalue weighted by molar-refractivity contribution is 0.103. The summed E-state index contributed by atoms with van der Waals surface area (Å²) in [5.74, 6) is 1.15. The van der Waals surface area contributed by atoms with Crippen molar-refractivity contribution in [3.05, 3.63) is 33.2 Å². The van der Waals surface area contributed by atoms with Crippen LogP contribution in [0.4, 0.5) is 5.69 Å². The fourth-order valence-electron chi connectivity index (χ4n) is 2.66. The molecule has 6 nitrogen and oxygen atoms in total. The van der Waals surface area contributed by atoms with Crippen LogP contribution >= 0.6 is 27.3 Å². The summed E-state index contributed by atoms with van der Waals surface area (Å²) in [7, 11) is 1.88. The van der Waals surface area contributed by atoms with Crippen molar-refractivity contribution in [2.45, 2.75) is 6.92 Å². The van der Waals surface area contributed by atoms with Crippen LogP contribution in [0.25, 0.3) is 10.2 Å². The Morgan fingerprint density at radius 2 is 2.00 bits per heavy atom. The van der Waals surface area contributed by atoms with Crippen LogP contribution in [0.15, 0.2) is 22.7 Å². The SMILES string of the molecule is Cc1nn(C)c2sc(C(=O)Nc3cc4c(cc3Br)OCCO4)cc12. The van der Waals surface area contributed by atoms with Gasteiger partial charge < -0.3 is 14.8 Å². The van der Waals surface area contributed by atoms with Gasteiger partial charge in [-0.3, -0.25) is 9.48 Å². The van der Waals surface area contributed by atoms with Gasteiger partial charge in [0.25, 0.3) is 5.91 Å². The van der Waals surface area contributed by atoms with Gasteiger partial charge in [0.2, 0.25) is 0 Å². The summed E-state index contributed by atoms with van der Waals surface area (Å²) in [6.07, 6.45) is 0. The first-order valence-electron chi connectivity index (χ1n) is 7.36. The summed E-state index contributed by atoms with van der Waals surface area (Å²) in [5.41, 5.74) is 1.57. The van der Waals surface area contributed by atoms with Gasteiger partial charge in [-0.15, -0.1) is 11.3 Å². The molecule has 0 radical (unpaired) electrons. The summed E-state index contributed by atoms with van der Waals surface area (Å²) < 4.78 is 13.6. The van der Waals surface area contributed by atoms with Crippen molar-refractivity contribution < 1.29 is 14.3 Å². The molecule has 0 unspecified atom stereocenters. The molecule has 1 aliphatic rings. The Morgan fingerprint density at radius 1 is 1.29 bits per heavy atom. The highest BCUT2D eigenvalue weighted by Gasteiger charge is 2.19. The molecule has 1 N–H and O–H groups in total. The fraction of sp³-hybridized carbons (Fsp3) is 0.250. The predicted octanol–water partition coefficient (Wildman–Crippen LogP) is 3.73. The van der Waals surface area contributed by atoms with Gasteiger partial charge in [0, 0.05) is 29.0 Å². The van der Waals surface area contributed by atoms with Gasteiger partial charge in [-0.1, -0.05) is 0 Å². The first-order valence-corrected chi connectivity index (χ1v) is 8.97. The molecule has 3 heterocycles. The number of benzene rings is 1. The van der Waals surface area contributed by atoms with E-state index >= 15 is 0 Å². The smallest absolute Gasteiger partial charge is 0.265 e. The molecule has 1 amide bonds. The van der Waals surface area contributed by atoms with Crippen molar-refractivity contribution in [2.24, 2.45) is 7.05 Å². The van der Waals surface area contributed by atoms with Crippen molar-refractivity contribution >= 4 is 49.1 Å². The van der Waals surface area contributed by atoms with Crippen LogP contribution in [0.1, 0.15) is 15.4 Å². The van der Waals surface area contributed by atoms with E-state index in [-0.39, 0.29) is 5.91 Å².